The lowest BCUT2D eigenvalue weighted by Crippen LogP contribution is -2.03. The number of carbonyl (C=O) groups is 1. The van der Waals surface area contributed by atoms with E-state index in [1.54, 1.807) is 0 Å². The Bertz CT molecular complexity index is 582. The number of carboxylic acids is 1. The number of rotatable bonds is 2. The van der Waals surface area contributed by atoms with Gasteiger partial charge in [-0.05, 0) is 12.1 Å². The molecule has 1 aromatic carbocycles. The Kier molecular flexibility index (Phi) is 2.92. The second kappa shape index (κ2) is 4.12. The Morgan fingerprint density at radius 1 is 1.53 bits per heavy atom. The van der Waals surface area contributed by atoms with Gasteiger partial charge in [-0.3, -0.25) is 0 Å². The maximum absolute atomic E-state index is 13.4. The molecular weight excluding hydrogens is 271 g/mol. The van der Waals surface area contributed by atoms with Crippen molar-refractivity contribution >= 4 is 33.4 Å². The molecule has 0 fully saturated rings. The highest BCUT2D eigenvalue weighted by molar-refractivity contribution is 7.91. The molecule has 0 aliphatic carbocycles. The Balaban J connectivity index is 2.69. The minimum Gasteiger partial charge on any atom is -0.494 e. The highest BCUT2D eigenvalue weighted by Gasteiger charge is 2.33. The summed E-state index contributed by atoms with van der Waals surface area (Å²) in [7, 11) is -0.693. The molecule has 0 saturated carbocycles. The molecule has 1 heterocycles. The summed E-state index contributed by atoms with van der Waals surface area (Å²) in [6.07, 6.45) is 0. The number of aliphatic carboxylic acids is 1. The van der Waals surface area contributed by atoms with Crippen LogP contribution in [0, 0.1) is 5.82 Å². The number of fused-ring (bicyclic) bond motifs is 1. The molecule has 4 nitrogen and oxygen atoms in total. The van der Waals surface area contributed by atoms with Crippen molar-refractivity contribution in [3.05, 3.63) is 28.4 Å². The highest BCUT2D eigenvalue weighted by atomic mass is 35.5. The predicted octanol–water partition coefficient (Wildman–Crippen LogP) is 1.95. The zero-order valence-electron chi connectivity index (χ0n) is 8.49. The van der Waals surface area contributed by atoms with E-state index in [1.165, 1.54) is 13.2 Å². The summed E-state index contributed by atoms with van der Waals surface area (Å²) < 4.78 is 29.9. The number of methoxy groups -OCH3 is 1. The molecule has 1 atom stereocenters. The second-order valence-electron chi connectivity index (χ2n) is 3.20. The van der Waals surface area contributed by atoms with Crippen LogP contribution in [0.15, 0.2) is 21.9 Å². The molecule has 2 rings (SSSR count). The van der Waals surface area contributed by atoms with Gasteiger partial charge in [-0.25, -0.2) is 13.4 Å². The standard InChI is InChI=1S/C10H6ClFO4S/c1-16-6-2-4-7(3-5(6)12)17(15)9(8(4)11)10(13)14/h2-3H,1H3,(H,13,14). The van der Waals surface area contributed by atoms with Crippen molar-refractivity contribution < 1.29 is 23.2 Å². The Morgan fingerprint density at radius 3 is 2.71 bits per heavy atom. The molecule has 1 unspecified atom stereocenters. The van der Waals surface area contributed by atoms with Crippen LogP contribution in [0.4, 0.5) is 4.39 Å². The first-order valence-corrected chi connectivity index (χ1v) is 5.93. The van der Waals surface area contributed by atoms with Crippen molar-refractivity contribution in [2.75, 3.05) is 7.11 Å². The van der Waals surface area contributed by atoms with E-state index in [0.29, 0.717) is 0 Å². The molecule has 0 spiro atoms. The van der Waals surface area contributed by atoms with E-state index in [1.807, 2.05) is 0 Å². The Labute approximate surface area is 103 Å². The molecule has 1 aliphatic heterocycles. The predicted molar refractivity (Wildman–Crippen MR) is 59.8 cm³/mol. The summed E-state index contributed by atoms with van der Waals surface area (Å²) in [5, 5.41) is 8.71. The number of halogens is 2. The van der Waals surface area contributed by atoms with E-state index in [-0.39, 0.29) is 21.2 Å². The van der Waals surface area contributed by atoms with Crippen LogP contribution in [0.3, 0.4) is 0 Å². The molecule has 0 aromatic heterocycles. The molecule has 90 valence electrons. The molecule has 1 N–H and O–H groups in total. The van der Waals surface area contributed by atoms with Crippen LogP contribution in [-0.2, 0) is 15.6 Å². The normalized spacial score (nSPS) is 18.2. The summed E-state index contributed by atoms with van der Waals surface area (Å²) in [5.41, 5.74) is 0.223. The quantitative estimate of drug-likeness (QED) is 0.897. The number of benzene rings is 1. The van der Waals surface area contributed by atoms with Crippen LogP contribution in [0.1, 0.15) is 5.56 Å². The molecule has 1 aromatic rings. The van der Waals surface area contributed by atoms with Crippen molar-refractivity contribution in [2.24, 2.45) is 0 Å². The minimum absolute atomic E-state index is 0.0469. The molecule has 17 heavy (non-hydrogen) atoms. The third-order valence-electron chi connectivity index (χ3n) is 2.27. The zero-order chi connectivity index (χ0) is 12.7. The van der Waals surface area contributed by atoms with Crippen molar-refractivity contribution in [1.29, 1.82) is 0 Å². The van der Waals surface area contributed by atoms with E-state index in [4.69, 9.17) is 21.4 Å². The summed E-state index contributed by atoms with van der Waals surface area (Å²) >= 11 is 5.81. The van der Waals surface area contributed by atoms with Gasteiger partial charge in [-0.1, -0.05) is 11.6 Å². The number of hydrogen-bond donors (Lipinski definition) is 1. The number of hydrogen-bond acceptors (Lipinski definition) is 3. The lowest BCUT2D eigenvalue weighted by atomic mass is 10.2. The van der Waals surface area contributed by atoms with Gasteiger partial charge in [0.05, 0.1) is 27.8 Å². The Morgan fingerprint density at radius 2 is 2.18 bits per heavy atom. The van der Waals surface area contributed by atoms with Gasteiger partial charge in [-0.15, -0.1) is 0 Å². The van der Waals surface area contributed by atoms with Gasteiger partial charge < -0.3 is 9.84 Å². The van der Waals surface area contributed by atoms with Gasteiger partial charge in [-0.2, -0.15) is 0 Å². The fourth-order valence-electron chi connectivity index (χ4n) is 1.50. The summed E-state index contributed by atoms with van der Waals surface area (Å²) in [6.45, 7) is 0. The summed E-state index contributed by atoms with van der Waals surface area (Å²) in [6, 6.07) is 2.21. The first-order valence-electron chi connectivity index (χ1n) is 4.40. The number of carboxylic acid groups (broad SMARTS) is 1. The van der Waals surface area contributed by atoms with Crippen molar-refractivity contribution in [3.63, 3.8) is 0 Å². The molecule has 0 bridgehead atoms. The number of ether oxygens (including phenoxy) is 1. The average Bonchev–Trinajstić information content (AvgIpc) is 2.50. The molecule has 1 aliphatic rings. The second-order valence-corrected chi connectivity index (χ2v) is 4.96. The van der Waals surface area contributed by atoms with Crippen LogP contribution < -0.4 is 4.74 Å². The van der Waals surface area contributed by atoms with Crippen LogP contribution in [0.5, 0.6) is 5.75 Å². The van der Waals surface area contributed by atoms with Crippen LogP contribution >= 0.6 is 11.6 Å². The van der Waals surface area contributed by atoms with Gasteiger partial charge in [0.15, 0.2) is 11.6 Å². The maximum atomic E-state index is 13.4. The molecule has 7 heteroatoms. The smallest absolute Gasteiger partial charge is 0.346 e. The van der Waals surface area contributed by atoms with Crippen molar-refractivity contribution in [3.8, 4) is 5.75 Å². The first-order chi connectivity index (χ1) is 7.97. The van der Waals surface area contributed by atoms with Gasteiger partial charge >= 0.3 is 5.97 Å². The van der Waals surface area contributed by atoms with Crippen molar-refractivity contribution in [2.45, 2.75) is 4.90 Å². The first kappa shape index (κ1) is 12.1. The zero-order valence-corrected chi connectivity index (χ0v) is 10.1. The fraction of sp³-hybridized carbons (Fsp3) is 0.100. The van der Waals surface area contributed by atoms with Crippen LogP contribution in [-0.4, -0.2) is 22.4 Å². The van der Waals surface area contributed by atoms with E-state index in [9.17, 15) is 13.4 Å². The van der Waals surface area contributed by atoms with Gasteiger partial charge in [0.25, 0.3) is 0 Å². The van der Waals surface area contributed by atoms with Gasteiger partial charge in [0, 0.05) is 5.56 Å². The lowest BCUT2D eigenvalue weighted by Gasteiger charge is -2.04. The third-order valence-corrected chi connectivity index (χ3v) is 4.26. The largest absolute Gasteiger partial charge is 0.494 e. The average molecular weight is 277 g/mol. The van der Waals surface area contributed by atoms with E-state index in [2.05, 4.69) is 0 Å². The van der Waals surface area contributed by atoms with E-state index < -0.39 is 27.5 Å². The summed E-state index contributed by atoms with van der Waals surface area (Å²) in [5.74, 6) is -2.18. The van der Waals surface area contributed by atoms with Gasteiger partial charge in [0.2, 0.25) is 0 Å². The molecular formula is C10H6ClFO4S. The lowest BCUT2D eigenvalue weighted by molar-refractivity contribution is -0.131. The SMILES string of the molecule is COc1cc2c(cc1F)S(=O)C(C(=O)O)=C2Cl. The van der Waals surface area contributed by atoms with Gasteiger partial charge in [0.1, 0.15) is 4.91 Å². The highest BCUT2D eigenvalue weighted by Crippen LogP contribution is 2.41. The van der Waals surface area contributed by atoms with E-state index in [0.717, 1.165) is 6.07 Å². The fourth-order valence-corrected chi connectivity index (χ4v) is 3.23. The van der Waals surface area contributed by atoms with E-state index >= 15 is 0 Å². The van der Waals surface area contributed by atoms with Crippen LogP contribution in [0.25, 0.3) is 5.03 Å². The minimum atomic E-state index is -1.96. The monoisotopic (exact) mass is 276 g/mol. The molecule has 0 amide bonds. The summed E-state index contributed by atoms with van der Waals surface area (Å²) in [4.78, 5) is 10.5. The third kappa shape index (κ3) is 1.73. The molecule has 0 radical (unpaired) electrons. The maximum Gasteiger partial charge on any atom is 0.346 e. The molecule has 0 saturated heterocycles. The topological polar surface area (TPSA) is 63.6 Å². The Hall–Kier alpha value is -1.40. The van der Waals surface area contributed by atoms with Crippen molar-refractivity contribution in [1.82, 2.24) is 0 Å². The van der Waals surface area contributed by atoms with Crippen LogP contribution in [0.2, 0.25) is 0 Å².